The zero-order valence-corrected chi connectivity index (χ0v) is 14.2. The molecule has 0 bridgehead atoms. The van der Waals surface area contributed by atoms with E-state index in [-0.39, 0.29) is 11.8 Å². The van der Waals surface area contributed by atoms with Crippen molar-refractivity contribution < 1.29 is 14.3 Å². The van der Waals surface area contributed by atoms with Gasteiger partial charge in [-0.2, -0.15) is 0 Å². The molecular formula is C16H23ClN2O3. The molecule has 0 aliphatic carbocycles. The van der Waals surface area contributed by atoms with Gasteiger partial charge in [0.2, 0.25) is 11.8 Å². The quantitative estimate of drug-likeness (QED) is 0.838. The highest BCUT2D eigenvalue weighted by molar-refractivity contribution is 6.31. The molecule has 0 aromatic heterocycles. The normalized spacial score (nSPS) is 10.5. The fourth-order valence-corrected chi connectivity index (χ4v) is 2.24. The number of nitrogens with zero attached hydrogens (tertiary/aromatic N) is 1. The predicted octanol–water partition coefficient (Wildman–Crippen LogP) is 2.86. The van der Waals surface area contributed by atoms with Crippen LogP contribution in [0.5, 0.6) is 5.75 Å². The first-order valence-corrected chi connectivity index (χ1v) is 7.61. The Hall–Kier alpha value is -1.75. The monoisotopic (exact) mass is 326 g/mol. The topological polar surface area (TPSA) is 58.6 Å². The Morgan fingerprint density at radius 1 is 1.36 bits per heavy atom. The fraction of sp³-hybridized carbons (Fsp3) is 0.500. The standard InChI is InChI=1S/C16H23ClN2O3/c1-11(2)9-16(21)18-7-8-19(12(3)20)14-10-13(17)5-6-15(14)22-4/h5-6,10-11H,7-9H2,1-4H3,(H,18,21). The number of carbonyl (C=O) groups is 2. The van der Waals surface area contributed by atoms with Gasteiger partial charge >= 0.3 is 0 Å². The molecule has 2 amide bonds. The second kappa shape index (κ2) is 8.63. The van der Waals surface area contributed by atoms with Gasteiger partial charge in [-0.25, -0.2) is 0 Å². The van der Waals surface area contributed by atoms with Gasteiger partial charge in [-0.3, -0.25) is 9.59 Å². The number of anilines is 1. The lowest BCUT2D eigenvalue weighted by Crippen LogP contribution is -2.38. The fourth-order valence-electron chi connectivity index (χ4n) is 2.07. The molecule has 6 heteroatoms. The van der Waals surface area contributed by atoms with Crippen LogP contribution >= 0.6 is 11.6 Å². The lowest BCUT2D eigenvalue weighted by Gasteiger charge is -2.23. The van der Waals surface area contributed by atoms with Crippen LogP contribution in [0.25, 0.3) is 0 Å². The van der Waals surface area contributed by atoms with Gasteiger partial charge in [-0.15, -0.1) is 0 Å². The van der Waals surface area contributed by atoms with Crippen LogP contribution in [-0.4, -0.2) is 32.0 Å². The zero-order chi connectivity index (χ0) is 16.7. The number of halogens is 1. The van der Waals surface area contributed by atoms with Gasteiger partial charge < -0.3 is 15.0 Å². The van der Waals surface area contributed by atoms with Gasteiger partial charge in [-0.1, -0.05) is 25.4 Å². The Kier molecular flexibility index (Phi) is 7.18. The first-order valence-electron chi connectivity index (χ1n) is 7.23. The molecule has 0 saturated heterocycles. The van der Waals surface area contributed by atoms with E-state index in [0.29, 0.717) is 41.9 Å². The second-order valence-corrected chi connectivity index (χ2v) is 5.87. The molecule has 22 heavy (non-hydrogen) atoms. The highest BCUT2D eigenvalue weighted by atomic mass is 35.5. The molecule has 122 valence electrons. The van der Waals surface area contributed by atoms with E-state index in [2.05, 4.69) is 5.32 Å². The molecular weight excluding hydrogens is 304 g/mol. The van der Waals surface area contributed by atoms with Gasteiger partial charge in [0.05, 0.1) is 12.8 Å². The summed E-state index contributed by atoms with van der Waals surface area (Å²) in [5, 5.41) is 3.33. The lowest BCUT2D eigenvalue weighted by molar-refractivity contribution is -0.122. The van der Waals surface area contributed by atoms with E-state index in [1.807, 2.05) is 13.8 Å². The van der Waals surface area contributed by atoms with E-state index in [1.165, 1.54) is 14.0 Å². The van der Waals surface area contributed by atoms with Crippen molar-refractivity contribution in [1.82, 2.24) is 5.32 Å². The first-order chi connectivity index (χ1) is 10.3. The summed E-state index contributed by atoms with van der Waals surface area (Å²) in [6.07, 6.45) is 0.473. The van der Waals surface area contributed by atoms with Crippen molar-refractivity contribution in [3.8, 4) is 5.75 Å². The number of benzene rings is 1. The Morgan fingerprint density at radius 2 is 2.05 bits per heavy atom. The minimum Gasteiger partial charge on any atom is -0.495 e. The molecule has 0 radical (unpaired) electrons. The van der Waals surface area contributed by atoms with Gasteiger partial charge in [0.15, 0.2) is 0 Å². The Morgan fingerprint density at radius 3 is 2.59 bits per heavy atom. The third-order valence-corrected chi connectivity index (χ3v) is 3.30. The van der Waals surface area contributed by atoms with E-state index in [1.54, 1.807) is 23.1 Å². The zero-order valence-electron chi connectivity index (χ0n) is 13.5. The van der Waals surface area contributed by atoms with Crippen LogP contribution in [0.1, 0.15) is 27.2 Å². The minimum atomic E-state index is -0.140. The maximum Gasteiger partial charge on any atom is 0.224 e. The lowest BCUT2D eigenvalue weighted by atomic mass is 10.1. The third kappa shape index (κ3) is 5.56. The van der Waals surface area contributed by atoms with Crippen molar-refractivity contribution >= 4 is 29.1 Å². The van der Waals surface area contributed by atoms with E-state index >= 15 is 0 Å². The van der Waals surface area contributed by atoms with Crippen molar-refractivity contribution in [1.29, 1.82) is 0 Å². The largest absolute Gasteiger partial charge is 0.495 e. The van der Waals surface area contributed by atoms with Crippen LogP contribution in [-0.2, 0) is 9.59 Å². The molecule has 0 atom stereocenters. The summed E-state index contributed by atoms with van der Waals surface area (Å²) in [5.74, 6) is 0.709. The average Bonchev–Trinajstić information content (AvgIpc) is 2.42. The first kappa shape index (κ1) is 18.3. The van der Waals surface area contributed by atoms with E-state index in [4.69, 9.17) is 16.3 Å². The summed E-state index contributed by atoms with van der Waals surface area (Å²) in [6.45, 7) is 6.17. The molecule has 1 rings (SSSR count). The summed E-state index contributed by atoms with van der Waals surface area (Å²) in [4.78, 5) is 25.1. The number of hydrogen-bond donors (Lipinski definition) is 1. The predicted molar refractivity (Wildman–Crippen MR) is 88.5 cm³/mol. The molecule has 1 N–H and O–H groups in total. The number of hydrogen-bond acceptors (Lipinski definition) is 3. The smallest absolute Gasteiger partial charge is 0.224 e. The van der Waals surface area contributed by atoms with Crippen molar-refractivity contribution in [3.05, 3.63) is 23.2 Å². The molecule has 0 spiro atoms. The van der Waals surface area contributed by atoms with Crippen LogP contribution < -0.4 is 15.0 Å². The molecule has 0 saturated carbocycles. The van der Waals surface area contributed by atoms with Crippen LogP contribution in [0.3, 0.4) is 0 Å². The Balaban J connectivity index is 2.77. The average molecular weight is 327 g/mol. The van der Waals surface area contributed by atoms with Crippen molar-refractivity contribution in [2.24, 2.45) is 5.92 Å². The van der Waals surface area contributed by atoms with Gasteiger partial charge in [0, 0.05) is 31.5 Å². The summed E-state index contributed by atoms with van der Waals surface area (Å²) >= 11 is 6.00. The summed E-state index contributed by atoms with van der Waals surface area (Å²) < 4.78 is 5.27. The summed E-state index contributed by atoms with van der Waals surface area (Å²) in [5.41, 5.74) is 0.598. The molecule has 1 aromatic carbocycles. The number of ether oxygens (including phenoxy) is 1. The summed E-state index contributed by atoms with van der Waals surface area (Å²) in [7, 11) is 1.54. The molecule has 0 heterocycles. The summed E-state index contributed by atoms with van der Waals surface area (Å²) in [6, 6.07) is 5.09. The van der Waals surface area contributed by atoms with Crippen molar-refractivity contribution in [3.63, 3.8) is 0 Å². The maximum atomic E-state index is 11.9. The van der Waals surface area contributed by atoms with Crippen molar-refractivity contribution in [2.45, 2.75) is 27.2 Å². The molecule has 0 aliphatic rings. The Bertz CT molecular complexity index is 532. The maximum absolute atomic E-state index is 11.9. The highest BCUT2D eigenvalue weighted by Gasteiger charge is 2.17. The van der Waals surface area contributed by atoms with Crippen LogP contribution in [0, 0.1) is 5.92 Å². The molecule has 1 aromatic rings. The molecule has 0 aliphatic heterocycles. The number of amides is 2. The number of carbonyl (C=O) groups excluding carboxylic acids is 2. The van der Waals surface area contributed by atoms with Crippen LogP contribution in [0.15, 0.2) is 18.2 Å². The highest BCUT2D eigenvalue weighted by Crippen LogP contribution is 2.31. The Labute approximate surface area is 136 Å². The third-order valence-electron chi connectivity index (χ3n) is 3.06. The van der Waals surface area contributed by atoms with Crippen molar-refractivity contribution in [2.75, 3.05) is 25.1 Å². The molecule has 0 unspecified atom stereocenters. The molecule has 5 nitrogen and oxygen atoms in total. The van der Waals surface area contributed by atoms with E-state index in [0.717, 1.165) is 0 Å². The molecule has 0 fully saturated rings. The minimum absolute atomic E-state index is 0.0171. The number of rotatable bonds is 7. The number of methoxy groups -OCH3 is 1. The van der Waals surface area contributed by atoms with E-state index < -0.39 is 0 Å². The number of nitrogens with one attached hydrogen (secondary N) is 1. The van der Waals surface area contributed by atoms with E-state index in [9.17, 15) is 9.59 Å². The van der Waals surface area contributed by atoms with Crippen LogP contribution in [0.2, 0.25) is 5.02 Å². The van der Waals surface area contributed by atoms with Gasteiger partial charge in [0.25, 0.3) is 0 Å². The van der Waals surface area contributed by atoms with Gasteiger partial charge in [0.1, 0.15) is 5.75 Å². The van der Waals surface area contributed by atoms with Crippen LogP contribution in [0.4, 0.5) is 5.69 Å². The van der Waals surface area contributed by atoms with Gasteiger partial charge in [-0.05, 0) is 24.1 Å². The second-order valence-electron chi connectivity index (χ2n) is 5.43. The SMILES string of the molecule is COc1ccc(Cl)cc1N(CCNC(=O)CC(C)C)C(C)=O.